The fraction of sp³-hybridized carbons (Fsp3) is 0.565. The Balaban J connectivity index is 1.28. The zero-order valence-corrected chi connectivity index (χ0v) is 20.1. The van der Waals surface area contributed by atoms with Gasteiger partial charge in [0.15, 0.2) is 22.1 Å². The van der Waals surface area contributed by atoms with E-state index in [1.807, 2.05) is 0 Å². The molecule has 11 heteroatoms. The summed E-state index contributed by atoms with van der Waals surface area (Å²) in [7, 11) is 0. The van der Waals surface area contributed by atoms with Crippen LogP contribution in [-0.2, 0) is 33.7 Å². The van der Waals surface area contributed by atoms with Crippen LogP contribution in [0.1, 0.15) is 50.5 Å². The molecule has 5 heterocycles. The largest absolute Gasteiger partial charge is 0.466 e. The van der Waals surface area contributed by atoms with Crippen molar-refractivity contribution in [2.75, 3.05) is 29.9 Å². The first kappa shape index (κ1) is 22.7. The van der Waals surface area contributed by atoms with E-state index in [2.05, 4.69) is 29.7 Å². The molecule has 180 valence electrons. The Hall–Kier alpha value is -3.08. The number of rotatable bonds is 6. The first-order valence-electron chi connectivity index (χ1n) is 12.0. The molecular formula is C23H29N7O3S. The fourth-order valence-electron chi connectivity index (χ4n) is 4.75. The highest BCUT2D eigenvalue weighted by atomic mass is 32.1. The molecule has 0 spiro atoms. The number of esters is 1. The molecule has 3 aromatic rings. The smallest absolute Gasteiger partial charge is 0.311 e. The van der Waals surface area contributed by atoms with Gasteiger partial charge in [0.2, 0.25) is 5.91 Å². The van der Waals surface area contributed by atoms with E-state index in [9.17, 15) is 9.59 Å². The van der Waals surface area contributed by atoms with Gasteiger partial charge in [0.25, 0.3) is 0 Å². The maximum Gasteiger partial charge on any atom is 0.311 e. The lowest BCUT2D eigenvalue weighted by atomic mass is 9.97. The van der Waals surface area contributed by atoms with Crippen molar-refractivity contribution >= 4 is 45.3 Å². The molecule has 1 fully saturated rings. The Morgan fingerprint density at radius 1 is 1.18 bits per heavy atom. The van der Waals surface area contributed by atoms with E-state index >= 15 is 0 Å². The molecule has 2 aliphatic rings. The monoisotopic (exact) mass is 483 g/mol. The number of carbonyl (C=O) groups excluding carboxylic acids is 2. The number of ether oxygens (including phenoxy) is 1. The standard InChI is InChI=1S/C23H29N7O3S/c1-2-33-18(31)11-16-13-34-23(26-16)28-22(32)15-7-6-9-29(12-15)20-19-21(25-14-24-20)30-10-5-3-4-8-17(30)27-19/h13-15H,2-12H2,1H3,(H,26,28,32)/t15-/m1/s1. The van der Waals surface area contributed by atoms with E-state index < -0.39 is 0 Å². The molecule has 3 aromatic heterocycles. The zero-order chi connectivity index (χ0) is 23.5. The minimum Gasteiger partial charge on any atom is -0.466 e. The molecule has 0 unspecified atom stereocenters. The summed E-state index contributed by atoms with van der Waals surface area (Å²) in [5.74, 6) is 1.34. The molecular weight excluding hydrogens is 454 g/mol. The lowest BCUT2D eigenvalue weighted by Crippen LogP contribution is -2.41. The summed E-state index contributed by atoms with van der Waals surface area (Å²) in [6.45, 7) is 4.46. The minimum absolute atomic E-state index is 0.0624. The lowest BCUT2D eigenvalue weighted by molar-refractivity contribution is -0.142. The fourth-order valence-corrected chi connectivity index (χ4v) is 5.47. The van der Waals surface area contributed by atoms with E-state index in [0.29, 0.717) is 24.0 Å². The topological polar surface area (TPSA) is 115 Å². The van der Waals surface area contributed by atoms with Gasteiger partial charge in [-0.15, -0.1) is 11.3 Å². The number of anilines is 2. The van der Waals surface area contributed by atoms with E-state index in [1.165, 1.54) is 17.8 Å². The number of nitrogens with zero attached hydrogens (tertiary/aromatic N) is 6. The average molecular weight is 484 g/mol. The number of amides is 1. The van der Waals surface area contributed by atoms with Gasteiger partial charge in [-0.2, -0.15) is 0 Å². The number of imidazole rings is 1. The Labute approximate surface area is 201 Å². The Kier molecular flexibility index (Phi) is 6.70. The number of aromatic nitrogens is 5. The van der Waals surface area contributed by atoms with Crippen molar-refractivity contribution in [1.82, 2.24) is 24.5 Å². The Morgan fingerprint density at radius 2 is 2.09 bits per heavy atom. The molecule has 1 amide bonds. The highest BCUT2D eigenvalue weighted by Gasteiger charge is 2.29. The van der Waals surface area contributed by atoms with Gasteiger partial charge < -0.3 is 19.5 Å². The molecule has 0 bridgehead atoms. The molecule has 1 atom stereocenters. The molecule has 10 nitrogen and oxygen atoms in total. The molecule has 0 aromatic carbocycles. The second-order valence-corrected chi connectivity index (χ2v) is 9.62. The summed E-state index contributed by atoms with van der Waals surface area (Å²) in [5, 5.41) is 5.21. The average Bonchev–Trinajstić information content (AvgIpc) is 3.34. The molecule has 0 saturated carbocycles. The quantitative estimate of drug-likeness (QED) is 0.532. The third kappa shape index (κ3) is 4.75. The number of hydrogen-bond acceptors (Lipinski definition) is 9. The van der Waals surface area contributed by atoms with Crippen LogP contribution in [0.4, 0.5) is 10.9 Å². The van der Waals surface area contributed by atoms with Gasteiger partial charge in [0.1, 0.15) is 12.2 Å². The lowest BCUT2D eigenvalue weighted by Gasteiger charge is -2.32. The predicted octanol–water partition coefficient (Wildman–Crippen LogP) is 2.97. The predicted molar refractivity (Wildman–Crippen MR) is 129 cm³/mol. The molecule has 34 heavy (non-hydrogen) atoms. The van der Waals surface area contributed by atoms with E-state index in [-0.39, 0.29) is 24.2 Å². The second-order valence-electron chi connectivity index (χ2n) is 8.76. The molecule has 1 saturated heterocycles. The third-order valence-electron chi connectivity index (χ3n) is 6.38. The van der Waals surface area contributed by atoms with Crippen LogP contribution in [0.3, 0.4) is 0 Å². The van der Waals surface area contributed by atoms with Crippen molar-refractivity contribution in [3.8, 4) is 0 Å². The molecule has 0 aliphatic carbocycles. The number of thiazole rings is 1. The maximum absolute atomic E-state index is 13.0. The van der Waals surface area contributed by atoms with Crippen LogP contribution >= 0.6 is 11.3 Å². The van der Waals surface area contributed by atoms with Crippen molar-refractivity contribution in [2.45, 2.75) is 58.4 Å². The number of fused-ring (bicyclic) bond motifs is 3. The van der Waals surface area contributed by atoms with E-state index in [4.69, 9.17) is 9.72 Å². The summed E-state index contributed by atoms with van der Waals surface area (Å²) < 4.78 is 7.20. The van der Waals surface area contributed by atoms with Gasteiger partial charge in [0.05, 0.1) is 24.6 Å². The number of carbonyl (C=O) groups is 2. The van der Waals surface area contributed by atoms with Gasteiger partial charge in [0, 0.05) is 31.4 Å². The van der Waals surface area contributed by atoms with Crippen LogP contribution < -0.4 is 10.2 Å². The van der Waals surface area contributed by atoms with Crippen molar-refractivity contribution < 1.29 is 14.3 Å². The minimum atomic E-state index is -0.318. The summed E-state index contributed by atoms with van der Waals surface area (Å²) >= 11 is 1.32. The molecule has 1 N–H and O–H groups in total. The summed E-state index contributed by atoms with van der Waals surface area (Å²) in [6.07, 6.45) is 7.89. The molecule has 2 aliphatic heterocycles. The summed E-state index contributed by atoms with van der Waals surface area (Å²) in [5.41, 5.74) is 2.33. The Morgan fingerprint density at radius 3 is 2.97 bits per heavy atom. The molecule has 0 radical (unpaired) electrons. The van der Waals surface area contributed by atoms with Crippen molar-refractivity contribution in [1.29, 1.82) is 0 Å². The van der Waals surface area contributed by atoms with Gasteiger partial charge in [-0.05, 0) is 32.6 Å². The first-order valence-corrected chi connectivity index (χ1v) is 12.9. The van der Waals surface area contributed by atoms with Crippen LogP contribution in [-0.4, -0.2) is 56.1 Å². The van der Waals surface area contributed by atoms with E-state index in [0.717, 1.165) is 68.0 Å². The summed E-state index contributed by atoms with van der Waals surface area (Å²) in [4.78, 5) is 45.3. The van der Waals surface area contributed by atoms with Crippen molar-refractivity contribution in [3.63, 3.8) is 0 Å². The highest BCUT2D eigenvalue weighted by Crippen LogP contribution is 2.30. The number of hydrogen-bond donors (Lipinski definition) is 1. The van der Waals surface area contributed by atoms with Gasteiger partial charge in [-0.1, -0.05) is 6.42 Å². The van der Waals surface area contributed by atoms with Gasteiger partial charge >= 0.3 is 5.97 Å². The first-order chi connectivity index (χ1) is 16.6. The third-order valence-corrected chi connectivity index (χ3v) is 7.18. The van der Waals surface area contributed by atoms with Crippen molar-refractivity contribution in [3.05, 3.63) is 23.2 Å². The van der Waals surface area contributed by atoms with Crippen LogP contribution in [0.2, 0.25) is 0 Å². The Bertz CT molecular complexity index is 1190. The summed E-state index contributed by atoms with van der Waals surface area (Å²) in [6, 6.07) is 0. The van der Waals surface area contributed by atoms with Crippen LogP contribution in [0.15, 0.2) is 11.7 Å². The van der Waals surface area contributed by atoms with Crippen molar-refractivity contribution in [2.24, 2.45) is 5.92 Å². The number of aryl methyl sites for hydroxylation is 2. The van der Waals surface area contributed by atoms with Crippen LogP contribution in [0, 0.1) is 5.92 Å². The zero-order valence-electron chi connectivity index (χ0n) is 19.3. The SMILES string of the molecule is CCOC(=O)Cc1csc(NC(=O)[C@@H]2CCCN(c3ncnc4c3nc3n4CCCCC3)C2)n1. The number of piperidine rings is 1. The normalized spacial score (nSPS) is 18.4. The van der Waals surface area contributed by atoms with Crippen LogP contribution in [0.5, 0.6) is 0 Å². The second kappa shape index (κ2) is 10.0. The van der Waals surface area contributed by atoms with Gasteiger partial charge in [-0.3, -0.25) is 9.59 Å². The van der Waals surface area contributed by atoms with Gasteiger partial charge in [-0.25, -0.2) is 19.9 Å². The van der Waals surface area contributed by atoms with E-state index in [1.54, 1.807) is 18.6 Å². The van der Waals surface area contributed by atoms with Crippen LogP contribution in [0.25, 0.3) is 11.2 Å². The highest BCUT2D eigenvalue weighted by molar-refractivity contribution is 7.13. The molecule has 5 rings (SSSR count). The maximum atomic E-state index is 13.0. The number of nitrogens with one attached hydrogen (secondary N) is 1.